The Morgan fingerprint density at radius 3 is 1.53 bits per heavy atom. The molecular weight excluding hydrogens is 368 g/mol. The fourth-order valence-electron chi connectivity index (χ4n) is 1.94. The van der Waals surface area contributed by atoms with Crippen molar-refractivity contribution in [2.24, 2.45) is 0 Å². The van der Waals surface area contributed by atoms with Gasteiger partial charge in [0.15, 0.2) is 0 Å². The van der Waals surface area contributed by atoms with Gasteiger partial charge in [-0.15, -0.1) is 0 Å². The zero-order valence-electron chi connectivity index (χ0n) is 10.6. The molecule has 0 N–H and O–H groups in total. The van der Waals surface area contributed by atoms with Crippen LogP contribution in [0.4, 0.5) is 0 Å². The molecule has 0 heterocycles. The van der Waals surface area contributed by atoms with Gasteiger partial charge in [0, 0.05) is 10.7 Å². The summed E-state index contributed by atoms with van der Waals surface area (Å²) in [7, 11) is 0. The van der Waals surface area contributed by atoms with E-state index in [9.17, 15) is 0 Å². The molecular formula is C16H16Br2O. The lowest BCUT2D eigenvalue weighted by molar-refractivity contribution is 0.471. The third-order valence-electron chi connectivity index (χ3n) is 2.89. The summed E-state index contributed by atoms with van der Waals surface area (Å²) in [5.74, 6) is 1.90. The van der Waals surface area contributed by atoms with Crippen LogP contribution in [0.2, 0.25) is 0 Å². The van der Waals surface area contributed by atoms with Gasteiger partial charge in [-0.3, -0.25) is 0 Å². The molecule has 0 unspecified atom stereocenters. The Hall–Kier alpha value is -0.800. The van der Waals surface area contributed by atoms with E-state index in [-0.39, 0.29) is 0 Å². The summed E-state index contributed by atoms with van der Waals surface area (Å²) < 4.78 is 6.10. The van der Waals surface area contributed by atoms with Crippen molar-refractivity contribution in [1.82, 2.24) is 0 Å². The highest BCUT2D eigenvalue weighted by Crippen LogP contribution is 2.29. The van der Waals surface area contributed by atoms with Crippen LogP contribution in [0.1, 0.15) is 11.1 Å². The minimum Gasteiger partial charge on any atom is -0.457 e. The Balaban J connectivity index is 2.25. The summed E-state index contributed by atoms with van der Waals surface area (Å²) in [6.45, 7) is 0. The predicted molar refractivity (Wildman–Crippen MR) is 88.0 cm³/mol. The van der Waals surface area contributed by atoms with E-state index >= 15 is 0 Å². The quantitative estimate of drug-likeness (QED) is 0.610. The maximum absolute atomic E-state index is 6.10. The first-order chi connectivity index (χ1) is 9.35. The molecule has 0 radical (unpaired) electrons. The minimum atomic E-state index is 0.941. The van der Waals surface area contributed by atoms with Crippen molar-refractivity contribution >= 4 is 31.9 Å². The Morgan fingerprint density at radius 1 is 0.684 bits per heavy atom. The van der Waals surface area contributed by atoms with Gasteiger partial charge < -0.3 is 4.74 Å². The van der Waals surface area contributed by atoms with Crippen molar-refractivity contribution < 1.29 is 4.74 Å². The fraction of sp³-hybridized carbons (Fsp3) is 0.250. The zero-order valence-corrected chi connectivity index (χ0v) is 13.8. The summed E-state index contributed by atoms with van der Waals surface area (Å²) in [6.07, 6.45) is 1.94. The van der Waals surface area contributed by atoms with Gasteiger partial charge in [-0.05, 0) is 36.1 Å². The second-order valence-electron chi connectivity index (χ2n) is 4.20. The topological polar surface area (TPSA) is 9.23 Å². The van der Waals surface area contributed by atoms with Gasteiger partial charge in [-0.2, -0.15) is 0 Å². The highest BCUT2D eigenvalue weighted by atomic mass is 79.9. The van der Waals surface area contributed by atoms with Crippen LogP contribution in [0.15, 0.2) is 48.5 Å². The number of hydrogen-bond acceptors (Lipinski definition) is 1. The first-order valence-electron chi connectivity index (χ1n) is 6.30. The molecule has 1 nitrogen and oxygen atoms in total. The van der Waals surface area contributed by atoms with E-state index in [2.05, 4.69) is 56.1 Å². The van der Waals surface area contributed by atoms with E-state index in [0.717, 1.165) is 35.0 Å². The molecule has 19 heavy (non-hydrogen) atoms. The molecule has 0 saturated carbocycles. The monoisotopic (exact) mass is 382 g/mol. The standard InChI is InChI=1S/C16H16Br2O/c17-11-9-13-5-1-3-7-15(13)19-16-8-4-2-6-14(16)10-12-18/h1-8H,9-12H2. The third-order valence-corrected chi connectivity index (χ3v) is 3.69. The van der Waals surface area contributed by atoms with Crippen LogP contribution in [-0.4, -0.2) is 10.7 Å². The second-order valence-corrected chi connectivity index (χ2v) is 5.78. The number of ether oxygens (including phenoxy) is 1. The van der Waals surface area contributed by atoms with Crippen LogP contribution in [0.25, 0.3) is 0 Å². The van der Waals surface area contributed by atoms with Crippen molar-refractivity contribution in [2.75, 3.05) is 10.7 Å². The van der Waals surface area contributed by atoms with Gasteiger partial charge in [-0.25, -0.2) is 0 Å². The van der Waals surface area contributed by atoms with Crippen LogP contribution in [-0.2, 0) is 12.8 Å². The molecule has 0 fully saturated rings. The molecule has 0 amide bonds. The van der Waals surface area contributed by atoms with E-state index in [0.29, 0.717) is 0 Å². The van der Waals surface area contributed by atoms with E-state index in [1.165, 1.54) is 11.1 Å². The molecule has 0 aliphatic rings. The Kier molecular flexibility index (Phi) is 5.93. The van der Waals surface area contributed by atoms with Crippen LogP contribution in [0.3, 0.4) is 0 Å². The van der Waals surface area contributed by atoms with Crippen molar-refractivity contribution in [3.05, 3.63) is 59.7 Å². The smallest absolute Gasteiger partial charge is 0.130 e. The van der Waals surface area contributed by atoms with Crippen molar-refractivity contribution in [1.29, 1.82) is 0 Å². The lowest BCUT2D eigenvalue weighted by Gasteiger charge is -2.13. The normalized spacial score (nSPS) is 10.4. The van der Waals surface area contributed by atoms with Gasteiger partial charge in [0.2, 0.25) is 0 Å². The summed E-state index contributed by atoms with van der Waals surface area (Å²) in [5, 5.41) is 1.88. The van der Waals surface area contributed by atoms with E-state index in [1.807, 2.05) is 24.3 Å². The molecule has 2 aromatic rings. The molecule has 0 bridgehead atoms. The Labute approximate surface area is 131 Å². The number of hydrogen-bond donors (Lipinski definition) is 0. The molecule has 0 aliphatic heterocycles. The van der Waals surface area contributed by atoms with Crippen molar-refractivity contribution in [2.45, 2.75) is 12.8 Å². The summed E-state index contributed by atoms with van der Waals surface area (Å²) >= 11 is 6.97. The van der Waals surface area contributed by atoms with Crippen LogP contribution < -0.4 is 4.74 Å². The molecule has 0 aromatic heterocycles. The van der Waals surface area contributed by atoms with Crippen molar-refractivity contribution in [3.63, 3.8) is 0 Å². The number of aryl methyl sites for hydroxylation is 2. The molecule has 2 aromatic carbocycles. The van der Waals surface area contributed by atoms with Crippen LogP contribution in [0.5, 0.6) is 11.5 Å². The fourth-order valence-corrected chi connectivity index (χ4v) is 2.80. The first kappa shape index (κ1) is 14.6. The minimum absolute atomic E-state index is 0.941. The maximum Gasteiger partial charge on any atom is 0.130 e. The largest absolute Gasteiger partial charge is 0.457 e. The number of para-hydroxylation sites is 2. The summed E-state index contributed by atoms with van der Waals surface area (Å²) in [5.41, 5.74) is 2.46. The predicted octanol–water partition coefficient (Wildman–Crippen LogP) is 5.35. The number of alkyl halides is 2. The number of halogens is 2. The molecule has 0 aliphatic carbocycles. The average Bonchev–Trinajstić information content (AvgIpc) is 2.44. The van der Waals surface area contributed by atoms with Gasteiger partial charge in [0.25, 0.3) is 0 Å². The second kappa shape index (κ2) is 7.71. The summed E-state index contributed by atoms with van der Waals surface area (Å²) in [4.78, 5) is 0. The molecule has 2 rings (SSSR count). The SMILES string of the molecule is BrCCc1ccccc1Oc1ccccc1CCBr. The van der Waals surface area contributed by atoms with Crippen LogP contribution in [0, 0.1) is 0 Å². The average molecular weight is 384 g/mol. The highest BCUT2D eigenvalue weighted by molar-refractivity contribution is 9.09. The van der Waals surface area contributed by atoms with Gasteiger partial charge in [0.05, 0.1) is 0 Å². The third kappa shape index (κ3) is 4.08. The molecule has 3 heteroatoms. The lowest BCUT2D eigenvalue weighted by atomic mass is 10.1. The number of rotatable bonds is 6. The van der Waals surface area contributed by atoms with Gasteiger partial charge in [0.1, 0.15) is 11.5 Å². The first-order valence-corrected chi connectivity index (χ1v) is 8.55. The van der Waals surface area contributed by atoms with E-state index in [1.54, 1.807) is 0 Å². The van der Waals surface area contributed by atoms with Gasteiger partial charge >= 0.3 is 0 Å². The molecule has 0 atom stereocenters. The van der Waals surface area contributed by atoms with Gasteiger partial charge in [-0.1, -0.05) is 68.3 Å². The molecule has 0 spiro atoms. The molecule has 0 saturated heterocycles. The van der Waals surface area contributed by atoms with Crippen molar-refractivity contribution in [3.8, 4) is 11.5 Å². The Morgan fingerprint density at radius 2 is 1.11 bits per heavy atom. The highest BCUT2D eigenvalue weighted by Gasteiger charge is 2.07. The summed E-state index contributed by atoms with van der Waals surface area (Å²) in [6, 6.07) is 16.4. The molecule has 100 valence electrons. The Bertz CT molecular complexity index is 478. The zero-order chi connectivity index (χ0) is 13.5. The maximum atomic E-state index is 6.10. The van der Waals surface area contributed by atoms with E-state index < -0.39 is 0 Å². The lowest BCUT2D eigenvalue weighted by Crippen LogP contribution is -1.96. The van der Waals surface area contributed by atoms with Crippen LogP contribution >= 0.6 is 31.9 Å². The number of benzene rings is 2. The van der Waals surface area contributed by atoms with E-state index in [4.69, 9.17) is 4.74 Å².